The van der Waals surface area contributed by atoms with Crippen molar-refractivity contribution in [3.05, 3.63) is 22.4 Å². The van der Waals surface area contributed by atoms with Crippen molar-refractivity contribution in [1.29, 1.82) is 0 Å². The van der Waals surface area contributed by atoms with Crippen LogP contribution in [0.4, 0.5) is 0 Å². The summed E-state index contributed by atoms with van der Waals surface area (Å²) in [6.07, 6.45) is 2.00. The minimum atomic E-state index is -3.81. The number of hydrogen-bond acceptors (Lipinski definition) is 4. The molecular formula is C10H16O4S2. The van der Waals surface area contributed by atoms with Gasteiger partial charge in [-0.15, -0.1) is 11.3 Å². The fourth-order valence-corrected chi connectivity index (χ4v) is 2.48. The molecule has 16 heavy (non-hydrogen) atoms. The van der Waals surface area contributed by atoms with Crippen LogP contribution in [0, 0.1) is 0 Å². The van der Waals surface area contributed by atoms with Crippen molar-refractivity contribution in [2.45, 2.75) is 19.3 Å². The monoisotopic (exact) mass is 264 g/mol. The van der Waals surface area contributed by atoms with E-state index < -0.39 is 10.1 Å². The third-order valence-corrected chi connectivity index (χ3v) is 3.75. The maximum atomic E-state index is 10.4. The highest BCUT2D eigenvalue weighted by Gasteiger charge is 2.02. The number of hydrogen-bond donors (Lipinski definition) is 1. The van der Waals surface area contributed by atoms with E-state index in [9.17, 15) is 8.42 Å². The number of rotatable bonds is 8. The minimum Gasteiger partial charge on any atom is -0.381 e. The number of unbranched alkanes of at least 4 members (excludes halogenated alkanes) is 1. The summed E-state index contributed by atoms with van der Waals surface area (Å²) in [5.41, 5.74) is 0. The summed E-state index contributed by atoms with van der Waals surface area (Å²) in [7, 11) is -3.81. The van der Waals surface area contributed by atoms with E-state index in [0.717, 1.165) is 6.42 Å². The lowest BCUT2D eigenvalue weighted by molar-refractivity contribution is 0.135. The van der Waals surface area contributed by atoms with Gasteiger partial charge in [0, 0.05) is 17.9 Å². The lowest BCUT2D eigenvalue weighted by atomic mass is 10.3. The molecule has 1 rings (SSSR count). The van der Waals surface area contributed by atoms with Crippen molar-refractivity contribution in [2.24, 2.45) is 0 Å². The number of ether oxygens (including phenoxy) is 1. The molecule has 0 aliphatic carbocycles. The van der Waals surface area contributed by atoms with E-state index in [1.54, 1.807) is 11.3 Å². The minimum absolute atomic E-state index is 0.179. The van der Waals surface area contributed by atoms with Crippen molar-refractivity contribution >= 4 is 21.5 Å². The Bertz CT molecular complexity index is 370. The van der Waals surface area contributed by atoms with Crippen LogP contribution in [-0.4, -0.2) is 31.9 Å². The topological polar surface area (TPSA) is 63.6 Å². The second kappa shape index (κ2) is 7.01. The van der Waals surface area contributed by atoms with E-state index in [2.05, 4.69) is 6.07 Å². The average Bonchev–Trinajstić information content (AvgIpc) is 2.67. The fraction of sp³-hybridized carbons (Fsp3) is 0.600. The lowest BCUT2D eigenvalue weighted by Crippen LogP contribution is -2.06. The highest BCUT2D eigenvalue weighted by molar-refractivity contribution is 7.85. The Morgan fingerprint density at radius 1 is 1.31 bits per heavy atom. The summed E-state index contributed by atoms with van der Waals surface area (Å²) in [6, 6.07) is 4.07. The normalized spacial score (nSPS) is 11.8. The van der Waals surface area contributed by atoms with Crippen molar-refractivity contribution in [3.63, 3.8) is 0 Å². The smallest absolute Gasteiger partial charge is 0.264 e. The Hall–Kier alpha value is -0.430. The van der Waals surface area contributed by atoms with Crippen LogP contribution in [0.25, 0.3) is 0 Å². The summed E-state index contributed by atoms with van der Waals surface area (Å²) in [5, 5.41) is 2.03. The Kier molecular flexibility index (Phi) is 5.97. The van der Waals surface area contributed by atoms with Crippen LogP contribution in [0.15, 0.2) is 17.5 Å². The molecule has 0 aromatic carbocycles. The first-order chi connectivity index (χ1) is 7.58. The van der Waals surface area contributed by atoms with Crippen LogP contribution in [0.3, 0.4) is 0 Å². The first kappa shape index (κ1) is 13.6. The largest absolute Gasteiger partial charge is 0.381 e. The zero-order chi connectivity index (χ0) is 11.9. The zero-order valence-corrected chi connectivity index (χ0v) is 10.6. The van der Waals surface area contributed by atoms with Gasteiger partial charge in [-0.3, -0.25) is 4.55 Å². The van der Waals surface area contributed by atoms with Gasteiger partial charge in [0.15, 0.2) is 0 Å². The molecule has 0 radical (unpaired) electrons. The van der Waals surface area contributed by atoms with E-state index in [0.29, 0.717) is 26.1 Å². The first-order valence-corrected chi connectivity index (χ1v) is 7.62. The molecule has 1 N–H and O–H groups in total. The maximum Gasteiger partial charge on any atom is 0.264 e. The molecule has 0 bridgehead atoms. The SMILES string of the molecule is O=S(=O)(O)CCCCOCCc1cccs1. The van der Waals surface area contributed by atoms with E-state index >= 15 is 0 Å². The van der Waals surface area contributed by atoms with Gasteiger partial charge in [0.05, 0.1) is 12.4 Å². The molecule has 0 fully saturated rings. The summed E-state index contributed by atoms with van der Waals surface area (Å²) in [6.45, 7) is 1.20. The second-order valence-corrected chi connectivity index (χ2v) is 6.04. The van der Waals surface area contributed by atoms with Crippen LogP contribution in [0.2, 0.25) is 0 Å². The van der Waals surface area contributed by atoms with E-state index in [-0.39, 0.29) is 5.75 Å². The molecule has 1 aromatic heterocycles. The molecule has 92 valence electrons. The van der Waals surface area contributed by atoms with Gasteiger partial charge in [-0.2, -0.15) is 8.42 Å². The average molecular weight is 264 g/mol. The quantitative estimate of drug-likeness (QED) is 0.576. The zero-order valence-electron chi connectivity index (χ0n) is 8.96. The molecule has 1 heterocycles. The fourth-order valence-electron chi connectivity index (χ4n) is 1.22. The summed E-state index contributed by atoms with van der Waals surface area (Å²) < 4.78 is 34.6. The molecule has 1 aromatic rings. The predicted octanol–water partition coefficient (Wildman–Crippen LogP) is 1.98. The third kappa shape index (κ3) is 6.95. The molecule has 0 unspecified atom stereocenters. The van der Waals surface area contributed by atoms with Gasteiger partial charge in [-0.25, -0.2) is 0 Å². The standard InChI is InChI=1S/C10H16O4S2/c11-16(12,13)9-2-1-6-14-7-5-10-4-3-8-15-10/h3-4,8H,1-2,5-7,9H2,(H,11,12,13). The molecular weight excluding hydrogens is 248 g/mol. The van der Waals surface area contributed by atoms with E-state index in [1.165, 1.54) is 4.88 Å². The van der Waals surface area contributed by atoms with Gasteiger partial charge >= 0.3 is 0 Å². The van der Waals surface area contributed by atoms with Gasteiger partial charge in [0.2, 0.25) is 0 Å². The van der Waals surface area contributed by atoms with Crippen LogP contribution in [-0.2, 0) is 21.3 Å². The van der Waals surface area contributed by atoms with Crippen LogP contribution in [0.5, 0.6) is 0 Å². The molecule has 6 heteroatoms. The van der Waals surface area contributed by atoms with Crippen LogP contribution < -0.4 is 0 Å². The van der Waals surface area contributed by atoms with Gasteiger partial charge in [-0.05, 0) is 24.3 Å². The Labute approximate surface area is 100 Å². The molecule has 4 nitrogen and oxygen atoms in total. The highest BCUT2D eigenvalue weighted by Crippen LogP contribution is 2.08. The molecule has 0 amide bonds. The van der Waals surface area contributed by atoms with Gasteiger partial charge in [0.1, 0.15) is 0 Å². The predicted molar refractivity (Wildman–Crippen MR) is 64.5 cm³/mol. The van der Waals surface area contributed by atoms with Gasteiger partial charge in [0.25, 0.3) is 10.1 Å². The van der Waals surface area contributed by atoms with E-state index in [4.69, 9.17) is 9.29 Å². The summed E-state index contributed by atoms with van der Waals surface area (Å²) in [5.74, 6) is -0.179. The molecule has 0 aliphatic heterocycles. The maximum absolute atomic E-state index is 10.4. The van der Waals surface area contributed by atoms with Crippen LogP contribution in [0.1, 0.15) is 17.7 Å². The second-order valence-electron chi connectivity index (χ2n) is 3.43. The lowest BCUT2D eigenvalue weighted by Gasteiger charge is -2.02. The summed E-state index contributed by atoms with van der Waals surface area (Å²) in [4.78, 5) is 1.29. The van der Waals surface area contributed by atoms with Crippen molar-refractivity contribution in [1.82, 2.24) is 0 Å². The van der Waals surface area contributed by atoms with E-state index in [1.807, 2.05) is 11.4 Å². The highest BCUT2D eigenvalue weighted by atomic mass is 32.2. The van der Waals surface area contributed by atoms with Gasteiger partial charge in [-0.1, -0.05) is 6.07 Å². The Morgan fingerprint density at radius 2 is 2.12 bits per heavy atom. The van der Waals surface area contributed by atoms with Crippen molar-refractivity contribution in [3.8, 4) is 0 Å². The van der Waals surface area contributed by atoms with Gasteiger partial charge < -0.3 is 4.74 Å². The third-order valence-electron chi connectivity index (χ3n) is 2.01. The van der Waals surface area contributed by atoms with Crippen molar-refractivity contribution in [2.75, 3.05) is 19.0 Å². The summed E-state index contributed by atoms with van der Waals surface area (Å²) >= 11 is 1.70. The molecule has 0 saturated carbocycles. The first-order valence-electron chi connectivity index (χ1n) is 5.13. The Balaban J connectivity index is 1.93. The molecule has 0 atom stereocenters. The van der Waals surface area contributed by atoms with Crippen molar-refractivity contribution < 1.29 is 17.7 Å². The Morgan fingerprint density at radius 3 is 2.75 bits per heavy atom. The molecule has 0 saturated heterocycles. The number of thiophene rings is 1. The molecule has 0 aliphatic rings. The van der Waals surface area contributed by atoms with Crippen LogP contribution >= 0.6 is 11.3 Å². The molecule has 0 spiro atoms.